The highest BCUT2D eigenvalue weighted by Gasteiger charge is 2.43. The second-order valence-corrected chi connectivity index (χ2v) is 5.02. The molecule has 106 valence electrons. The van der Waals surface area contributed by atoms with Crippen molar-refractivity contribution in [2.45, 2.75) is 38.4 Å². The maximum atomic E-state index is 10.5. The molecule has 0 aromatic carbocycles. The van der Waals surface area contributed by atoms with Gasteiger partial charge in [-0.3, -0.25) is 9.69 Å². The number of likely N-dealkylation sites (tertiary alicyclic amines) is 1. The average molecular weight is 259 g/mol. The van der Waals surface area contributed by atoms with Gasteiger partial charge in [0, 0.05) is 20.6 Å². The third kappa shape index (κ3) is 4.23. The van der Waals surface area contributed by atoms with Crippen LogP contribution in [0, 0.1) is 5.92 Å². The van der Waals surface area contributed by atoms with E-state index in [1.54, 1.807) is 14.2 Å². The Labute approximate surface area is 109 Å². The summed E-state index contributed by atoms with van der Waals surface area (Å²) in [5, 5.41) is 8.68. The number of hydrogen-bond acceptors (Lipinski definition) is 4. The van der Waals surface area contributed by atoms with Crippen molar-refractivity contribution >= 4 is 5.97 Å². The van der Waals surface area contributed by atoms with Gasteiger partial charge in [-0.2, -0.15) is 0 Å². The summed E-state index contributed by atoms with van der Waals surface area (Å²) in [7, 11) is 3.34. The van der Waals surface area contributed by atoms with Crippen LogP contribution >= 0.6 is 0 Å². The van der Waals surface area contributed by atoms with E-state index in [4.69, 9.17) is 14.6 Å². The van der Waals surface area contributed by atoms with Gasteiger partial charge in [0.1, 0.15) is 0 Å². The van der Waals surface area contributed by atoms with E-state index < -0.39 is 11.8 Å². The van der Waals surface area contributed by atoms with E-state index >= 15 is 0 Å². The first-order chi connectivity index (χ1) is 8.55. The second kappa shape index (κ2) is 7.07. The van der Waals surface area contributed by atoms with Gasteiger partial charge in [0.2, 0.25) is 0 Å². The van der Waals surface area contributed by atoms with Crippen molar-refractivity contribution in [3.8, 4) is 0 Å². The number of ether oxygens (including phenoxy) is 2. The minimum Gasteiger partial charge on any atom is -0.481 e. The summed E-state index contributed by atoms with van der Waals surface area (Å²) in [4.78, 5) is 12.8. The monoisotopic (exact) mass is 259 g/mol. The Bertz CT molecular complexity index is 258. The first kappa shape index (κ1) is 15.4. The van der Waals surface area contributed by atoms with Crippen molar-refractivity contribution < 1.29 is 19.4 Å². The number of aliphatic carboxylic acids is 1. The predicted octanol–water partition coefficient (Wildman–Crippen LogP) is 1.57. The van der Waals surface area contributed by atoms with Crippen LogP contribution in [0.3, 0.4) is 0 Å². The summed E-state index contributed by atoms with van der Waals surface area (Å²) in [5.74, 6) is -0.612. The van der Waals surface area contributed by atoms with Gasteiger partial charge >= 0.3 is 5.97 Å². The number of carboxylic acid groups (broad SMARTS) is 1. The molecule has 1 fully saturated rings. The van der Waals surface area contributed by atoms with Gasteiger partial charge in [-0.05, 0) is 25.3 Å². The van der Waals surface area contributed by atoms with Crippen LogP contribution in [-0.2, 0) is 14.3 Å². The molecule has 1 saturated heterocycles. The Hall–Kier alpha value is -0.650. The number of rotatable bonds is 9. The molecular formula is C13H25NO4. The number of carboxylic acids is 1. The average Bonchev–Trinajstić information content (AvgIpc) is 2.31. The molecule has 1 rings (SSSR count). The van der Waals surface area contributed by atoms with Gasteiger partial charge in [0.15, 0.2) is 5.79 Å². The van der Waals surface area contributed by atoms with E-state index in [-0.39, 0.29) is 6.42 Å². The predicted molar refractivity (Wildman–Crippen MR) is 68.5 cm³/mol. The normalized spacial score (nSPS) is 20.4. The Balaban J connectivity index is 2.19. The van der Waals surface area contributed by atoms with Crippen LogP contribution in [0.25, 0.3) is 0 Å². The number of carbonyl (C=O) groups is 1. The van der Waals surface area contributed by atoms with E-state index in [1.165, 1.54) is 0 Å². The van der Waals surface area contributed by atoms with E-state index in [0.717, 1.165) is 38.9 Å². The lowest BCUT2D eigenvalue weighted by Gasteiger charge is -2.47. The lowest BCUT2D eigenvalue weighted by atomic mass is 9.95. The van der Waals surface area contributed by atoms with Crippen LogP contribution in [0.1, 0.15) is 32.6 Å². The second-order valence-electron chi connectivity index (χ2n) is 5.02. The zero-order chi connectivity index (χ0) is 13.6. The Morgan fingerprint density at radius 2 is 1.94 bits per heavy atom. The molecular weight excluding hydrogens is 234 g/mol. The van der Waals surface area contributed by atoms with Crippen molar-refractivity contribution in [1.82, 2.24) is 4.90 Å². The molecule has 5 nitrogen and oxygen atoms in total. The minimum absolute atomic E-state index is 0.276. The quantitative estimate of drug-likeness (QED) is 0.637. The summed E-state index contributed by atoms with van der Waals surface area (Å²) in [6.45, 7) is 4.72. The smallest absolute Gasteiger partial charge is 0.303 e. The zero-order valence-corrected chi connectivity index (χ0v) is 11.6. The SMILES string of the molecule is CCC(CCC(=O)O)CCN1CC(OC)(OC)C1. The number of methoxy groups -OCH3 is 2. The van der Waals surface area contributed by atoms with Crippen LogP contribution in [0.15, 0.2) is 0 Å². The summed E-state index contributed by atoms with van der Waals surface area (Å²) in [6, 6.07) is 0. The largest absolute Gasteiger partial charge is 0.481 e. The molecule has 1 aliphatic heterocycles. The van der Waals surface area contributed by atoms with Crippen molar-refractivity contribution in [3.05, 3.63) is 0 Å². The molecule has 1 atom stereocenters. The molecule has 1 heterocycles. The molecule has 0 aromatic rings. The first-order valence-electron chi connectivity index (χ1n) is 6.59. The van der Waals surface area contributed by atoms with Crippen molar-refractivity contribution in [2.24, 2.45) is 5.92 Å². The van der Waals surface area contributed by atoms with Crippen molar-refractivity contribution in [2.75, 3.05) is 33.9 Å². The minimum atomic E-state index is -0.699. The highest BCUT2D eigenvalue weighted by molar-refractivity contribution is 5.66. The molecule has 0 bridgehead atoms. The van der Waals surface area contributed by atoms with Gasteiger partial charge in [0.25, 0.3) is 0 Å². The molecule has 1 aliphatic rings. The van der Waals surface area contributed by atoms with Gasteiger partial charge in [-0.25, -0.2) is 0 Å². The molecule has 0 saturated carbocycles. The number of nitrogens with zero attached hydrogens (tertiary/aromatic N) is 1. The van der Waals surface area contributed by atoms with Crippen LogP contribution in [-0.4, -0.2) is 55.6 Å². The van der Waals surface area contributed by atoms with Gasteiger partial charge in [-0.1, -0.05) is 13.3 Å². The molecule has 1 N–H and O–H groups in total. The summed E-state index contributed by atoms with van der Waals surface area (Å²) in [5.41, 5.74) is 0. The van der Waals surface area contributed by atoms with Crippen molar-refractivity contribution in [3.63, 3.8) is 0 Å². The van der Waals surface area contributed by atoms with Gasteiger partial charge in [0.05, 0.1) is 13.1 Å². The third-order valence-corrected chi connectivity index (χ3v) is 3.87. The molecule has 0 spiro atoms. The molecule has 0 amide bonds. The Kier molecular flexibility index (Phi) is 6.05. The van der Waals surface area contributed by atoms with E-state index in [0.29, 0.717) is 5.92 Å². The fraction of sp³-hybridized carbons (Fsp3) is 0.923. The van der Waals surface area contributed by atoms with Crippen LogP contribution in [0.5, 0.6) is 0 Å². The van der Waals surface area contributed by atoms with E-state index in [9.17, 15) is 4.79 Å². The van der Waals surface area contributed by atoms with Gasteiger partial charge < -0.3 is 14.6 Å². The fourth-order valence-electron chi connectivity index (χ4n) is 2.38. The summed E-state index contributed by atoms with van der Waals surface area (Å²) in [6.07, 6.45) is 3.14. The molecule has 0 radical (unpaired) electrons. The molecule has 18 heavy (non-hydrogen) atoms. The summed E-state index contributed by atoms with van der Waals surface area (Å²) >= 11 is 0. The van der Waals surface area contributed by atoms with Crippen molar-refractivity contribution in [1.29, 1.82) is 0 Å². The topological polar surface area (TPSA) is 59.0 Å². The Morgan fingerprint density at radius 3 is 2.39 bits per heavy atom. The highest BCUT2D eigenvalue weighted by Crippen LogP contribution is 2.26. The standard InChI is InChI=1S/C13H25NO4/c1-4-11(5-6-12(15)16)7-8-14-9-13(10-14,17-2)18-3/h11H,4-10H2,1-3H3,(H,15,16). The van der Waals surface area contributed by atoms with Crippen LogP contribution in [0.4, 0.5) is 0 Å². The fourth-order valence-corrected chi connectivity index (χ4v) is 2.38. The summed E-state index contributed by atoms with van der Waals surface area (Å²) < 4.78 is 10.6. The van der Waals surface area contributed by atoms with Crippen LogP contribution in [0.2, 0.25) is 0 Å². The van der Waals surface area contributed by atoms with Crippen LogP contribution < -0.4 is 0 Å². The maximum Gasteiger partial charge on any atom is 0.303 e. The maximum absolute atomic E-state index is 10.5. The lowest BCUT2D eigenvalue weighted by molar-refractivity contribution is -0.275. The zero-order valence-electron chi connectivity index (χ0n) is 11.6. The lowest BCUT2D eigenvalue weighted by Crippen LogP contribution is -2.63. The molecule has 5 heteroatoms. The van der Waals surface area contributed by atoms with Gasteiger partial charge in [-0.15, -0.1) is 0 Å². The molecule has 0 aliphatic carbocycles. The highest BCUT2D eigenvalue weighted by atomic mass is 16.7. The Morgan fingerprint density at radius 1 is 1.33 bits per heavy atom. The molecule has 1 unspecified atom stereocenters. The number of hydrogen-bond donors (Lipinski definition) is 1. The third-order valence-electron chi connectivity index (χ3n) is 3.87. The van der Waals surface area contributed by atoms with E-state index in [2.05, 4.69) is 11.8 Å². The first-order valence-corrected chi connectivity index (χ1v) is 6.59. The molecule has 0 aromatic heterocycles. The van der Waals surface area contributed by atoms with E-state index in [1.807, 2.05) is 0 Å².